The third-order valence-corrected chi connectivity index (χ3v) is 3.66. The summed E-state index contributed by atoms with van der Waals surface area (Å²) in [6, 6.07) is 2.03. The molecule has 1 N–H and O–H groups in total. The van der Waals surface area contributed by atoms with Crippen molar-refractivity contribution >= 4 is 27.8 Å². The molecular formula is C14H19BrN2O2. The van der Waals surface area contributed by atoms with Crippen LogP contribution in [0.5, 0.6) is 0 Å². The SMILES string of the molecule is CC(C)(C)OC(=O)Nc1ncc(C2CCC2)cc1Br. The van der Waals surface area contributed by atoms with Gasteiger partial charge in [-0.2, -0.15) is 0 Å². The van der Waals surface area contributed by atoms with E-state index in [1.807, 2.05) is 33.0 Å². The van der Waals surface area contributed by atoms with Gasteiger partial charge in [0.15, 0.2) is 0 Å². The lowest BCUT2D eigenvalue weighted by atomic mass is 9.81. The Labute approximate surface area is 122 Å². The number of anilines is 1. The first-order chi connectivity index (χ1) is 8.85. The average molecular weight is 327 g/mol. The molecule has 5 heteroatoms. The van der Waals surface area contributed by atoms with E-state index in [-0.39, 0.29) is 0 Å². The van der Waals surface area contributed by atoms with Gasteiger partial charge >= 0.3 is 6.09 Å². The molecule has 1 aliphatic carbocycles. The summed E-state index contributed by atoms with van der Waals surface area (Å²) in [7, 11) is 0. The summed E-state index contributed by atoms with van der Waals surface area (Å²) >= 11 is 3.44. The molecule has 0 radical (unpaired) electrons. The first-order valence-electron chi connectivity index (χ1n) is 6.50. The van der Waals surface area contributed by atoms with Gasteiger partial charge in [0.25, 0.3) is 0 Å². The van der Waals surface area contributed by atoms with Crippen molar-refractivity contribution in [3.8, 4) is 0 Å². The van der Waals surface area contributed by atoms with Crippen LogP contribution < -0.4 is 5.32 Å². The Morgan fingerprint density at radius 3 is 2.63 bits per heavy atom. The molecule has 1 fully saturated rings. The summed E-state index contributed by atoms with van der Waals surface area (Å²) in [6.07, 6.45) is 5.10. The molecule has 1 heterocycles. The van der Waals surface area contributed by atoms with E-state index < -0.39 is 11.7 Å². The summed E-state index contributed by atoms with van der Waals surface area (Å²) in [5.41, 5.74) is 0.718. The van der Waals surface area contributed by atoms with Gasteiger partial charge in [-0.25, -0.2) is 9.78 Å². The van der Waals surface area contributed by atoms with E-state index in [9.17, 15) is 4.79 Å². The number of aromatic nitrogens is 1. The molecule has 1 aromatic rings. The van der Waals surface area contributed by atoms with Crippen LogP contribution in [0.15, 0.2) is 16.7 Å². The number of pyridine rings is 1. The molecule has 0 unspecified atom stereocenters. The maximum atomic E-state index is 11.7. The van der Waals surface area contributed by atoms with E-state index in [4.69, 9.17) is 4.74 Å². The van der Waals surface area contributed by atoms with Crippen molar-refractivity contribution in [1.29, 1.82) is 0 Å². The molecule has 0 bridgehead atoms. The van der Waals surface area contributed by atoms with Gasteiger partial charge in [0, 0.05) is 6.20 Å². The molecule has 0 saturated heterocycles. The molecule has 0 aromatic carbocycles. The van der Waals surface area contributed by atoms with Crippen LogP contribution in [0.2, 0.25) is 0 Å². The minimum Gasteiger partial charge on any atom is -0.444 e. The Morgan fingerprint density at radius 2 is 2.16 bits per heavy atom. The van der Waals surface area contributed by atoms with Crippen molar-refractivity contribution in [2.75, 3.05) is 5.32 Å². The van der Waals surface area contributed by atoms with E-state index in [1.165, 1.54) is 24.8 Å². The molecule has 1 aliphatic rings. The lowest BCUT2D eigenvalue weighted by Gasteiger charge is -2.26. The van der Waals surface area contributed by atoms with Crippen molar-refractivity contribution in [3.63, 3.8) is 0 Å². The van der Waals surface area contributed by atoms with Gasteiger partial charge < -0.3 is 4.74 Å². The third kappa shape index (κ3) is 3.93. The van der Waals surface area contributed by atoms with E-state index >= 15 is 0 Å². The Morgan fingerprint density at radius 1 is 1.47 bits per heavy atom. The highest BCUT2D eigenvalue weighted by Gasteiger charge is 2.21. The monoisotopic (exact) mass is 326 g/mol. The lowest BCUT2D eigenvalue weighted by molar-refractivity contribution is 0.0635. The predicted octanol–water partition coefficient (Wildman–Crippen LogP) is 4.46. The van der Waals surface area contributed by atoms with Crippen LogP contribution >= 0.6 is 15.9 Å². The van der Waals surface area contributed by atoms with Crippen LogP contribution in [0.4, 0.5) is 10.6 Å². The Bertz CT molecular complexity index is 479. The fraction of sp³-hybridized carbons (Fsp3) is 0.571. The van der Waals surface area contributed by atoms with Gasteiger partial charge in [0.05, 0.1) is 4.47 Å². The number of halogens is 1. The van der Waals surface area contributed by atoms with Crippen molar-refractivity contribution in [3.05, 3.63) is 22.3 Å². The van der Waals surface area contributed by atoms with Gasteiger partial charge in [-0.1, -0.05) is 6.42 Å². The minimum atomic E-state index is -0.511. The maximum Gasteiger partial charge on any atom is 0.413 e. The molecule has 104 valence electrons. The molecule has 1 amide bonds. The highest BCUT2D eigenvalue weighted by Crippen LogP contribution is 2.37. The molecule has 1 aromatic heterocycles. The second kappa shape index (κ2) is 5.49. The van der Waals surface area contributed by atoms with Crippen molar-refractivity contribution in [2.24, 2.45) is 0 Å². The van der Waals surface area contributed by atoms with Gasteiger partial charge in [-0.3, -0.25) is 5.32 Å². The fourth-order valence-corrected chi connectivity index (χ4v) is 2.38. The lowest BCUT2D eigenvalue weighted by Crippen LogP contribution is -2.27. The van der Waals surface area contributed by atoms with E-state index in [0.717, 1.165) is 4.47 Å². The van der Waals surface area contributed by atoms with Crippen LogP contribution in [0.3, 0.4) is 0 Å². The number of carbonyl (C=O) groups excluding carboxylic acids is 1. The van der Waals surface area contributed by atoms with Gasteiger partial charge in [0.1, 0.15) is 11.4 Å². The molecule has 19 heavy (non-hydrogen) atoms. The number of nitrogens with zero attached hydrogens (tertiary/aromatic N) is 1. The highest BCUT2D eigenvalue weighted by molar-refractivity contribution is 9.10. The number of hydrogen-bond donors (Lipinski definition) is 1. The average Bonchev–Trinajstić information content (AvgIpc) is 2.16. The number of nitrogens with one attached hydrogen (secondary N) is 1. The number of amides is 1. The van der Waals surface area contributed by atoms with Crippen LogP contribution in [0.1, 0.15) is 51.5 Å². The van der Waals surface area contributed by atoms with Gasteiger partial charge in [-0.05, 0) is 67.1 Å². The normalized spacial score (nSPS) is 15.8. The number of rotatable bonds is 2. The van der Waals surface area contributed by atoms with Crippen molar-refractivity contribution in [2.45, 2.75) is 51.6 Å². The number of ether oxygens (including phenoxy) is 1. The Balaban J connectivity index is 2.02. The van der Waals surface area contributed by atoms with Crippen LogP contribution in [-0.4, -0.2) is 16.7 Å². The first kappa shape index (κ1) is 14.3. The Hall–Kier alpha value is -1.10. The minimum absolute atomic E-state index is 0.489. The molecule has 4 nitrogen and oxygen atoms in total. The van der Waals surface area contributed by atoms with Crippen molar-refractivity contribution in [1.82, 2.24) is 4.98 Å². The summed E-state index contributed by atoms with van der Waals surface area (Å²) < 4.78 is 5.99. The molecular weight excluding hydrogens is 308 g/mol. The molecule has 0 aliphatic heterocycles. The molecule has 0 atom stereocenters. The maximum absolute atomic E-state index is 11.7. The van der Waals surface area contributed by atoms with Crippen LogP contribution in [0, 0.1) is 0 Å². The number of carbonyl (C=O) groups is 1. The van der Waals surface area contributed by atoms with Crippen LogP contribution in [-0.2, 0) is 4.74 Å². The summed E-state index contributed by atoms with van der Waals surface area (Å²) in [5.74, 6) is 1.12. The van der Waals surface area contributed by atoms with Gasteiger partial charge in [-0.15, -0.1) is 0 Å². The first-order valence-corrected chi connectivity index (χ1v) is 7.30. The zero-order valence-corrected chi connectivity index (χ0v) is 13.1. The third-order valence-electron chi connectivity index (χ3n) is 3.06. The molecule has 0 spiro atoms. The standard InChI is InChI=1S/C14H19BrN2O2/c1-14(2,3)19-13(18)17-12-11(15)7-10(8-16-12)9-5-4-6-9/h7-9H,4-6H2,1-3H3,(H,16,17,18). The predicted molar refractivity (Wildman–Crippen MR) is 78.4 cm³/mol. The molecule has 1 saturated carbocycles. The summed E-state index contributed by atoms with van der Waals surface area (Å²) in [5, 5.41) is 2.65. The van der Waals surface area contributed by atoms with Crippen molar-refractivity contribution < 1.29 is 9.53 Å². The fourth-order valence-electron chi connectivity index (χ4n) is 1.91. The number of hydrogen-bond acceptors (Lipinski definition) is 3. The quantitative estimate of drug-likeness (QED) is 0.872. The summed E-state index contributed by atoms with van der Waals surface area (Å²) in [6.45, 7) is 5.48. The smallest absolute Gasteiger partial charge is 0.413 e. The Kier molecular flexibility index (Phi) is 4.13. The van der Waals surface area contributed by atoms with Crippen LogP contribution in [0.25, 0.3) is 0 Å². The zero-order valence-electron chi connectivity index (χ0n) is 11.5. The topological polar surface area (TPSA) is 51.2 Å². The largest absolute Gasteiger partial charge is 0.444 e. The van der Waals surface area contributed by atoms with E-state index in [0.29, 0.717) is 11.7 Å². The summed E-state index contributed by atoms with van der Waals surface area (Å²) in [4.78, 5) is 16.0. The highest BCUT2D eigenvalue weighted by atomic mass is 79.9. The zero-order chi connectivity index (χ0) is 14.0. The van der Waals surface area contributed by atoms with E-state index in [1.54, 1.807) is 0 Å². The second-order valence-corrected chi connectivity index (χ2v) is 6.71. The second-order valence-electron chi connectivity index (χ2n) is 5.85. The van der Waals surface area contributed by atoms with Gasteiger partial charge in [0.2, 0.25) is 0 Å². The van der Waals surface area contributed by atoms with E-state index in [2.05, 4.69) is 26.2 Å². The molecule has 2 rings (SSSR count).